The normalized spacial score (nSPS) is 14.0. The molecule has 5 nitrogen and oxygen atoms in total. The van der Waals surface area contributed by atoms with Crippen molar-refractivity contribution in [2.45, 2.75) is 46.2 Å². The number of hydrogen-bond donors (Lipinski definition) is 1. The van der Waals surface area contributed by atoms with E-state index in [9.17, 15) is 4.79 Å². The van der Waals surface area contributed by atoms with Crippen LogP contribution in [0.25, 0.3) is 0 Å². The molecule has 3 rings (SSSR count). The number of nitrogens with zero attached hydrogens (tertiary/aromatic N) is 3. The second kappa shape index (κ2) is 7.18. The third-order valence-electron chi connectivity index (χ3n) is 4.82. The van der Waals surface area contributed by atoms with Gasteiger partial charge in [-0.1, -0.05) is 19.1 Å². The van der Waals surface area contributed by atoms with Gasteiger partial charge in [0.05, 0.1) is 6.20 Å². The zero-order chi connectivity index (χ0) is 17.1. The Kier molecular flexibility index (Phi) is 5.00. The maximum atomic E-state index is 12.4. The van der Waals surface area contributed by atoms with Gasteiger partial charge in [-0.15, -0.1) is 0 Å². The molecule has 0 aliphatic carbocycles. The molecule has 1 aromatic heterocycles. The van der Waals surface area contributed by atoms with E-state index in [4.69, 9.17) is 0 Å². The van der Waals surface area contributed by atoms with Gasteiger partial charge in [0, 0.05) is 37.9 Å². The van der Waals surface area contributed by atoms with E-state index in [1.54, 1.807) is 0 Å². The zero-order valence-electron chi connectivity index (χ0n) is 14.8. The lowest BCUT2D eigenvalue weighted by atomic mass is 10.1. The molecule has 0 fully saturated rings. The fraction of sp³-hybridized carbons (Fsp3) is 0.474. The quantitative estimate of drug-likeness (QED) is 0.888. The molecule has 0 bridgehead atoms. The molecule has 1 aliphatic rings. The van der Waals surface area contributed by atoms with Gasteiger partial charge in [0.1, 0.15) is 0 Å². The van der Waals surface area contributed by atoms with E-state index in [1.807, 2.05) is 37.0 Å². The Balaban J connectivity index is 1.62. The van der Waals surface area contributed by atoms with Gasteiger partial charge >= 0.3 is 0 Å². The Labute approximate surface area is 143 Å². The largest absolute Gasteiger partial charge is 0.326 e. The lowest BCUT2D eigenvalue weighted by molar-refractivity contribution is -0.116. The Morgan fingerprint density at radius 3 is 2.88 bits per heavy atom. The number of aryl methyl sites for hydroxylation is 2. The molecular formula is C19H26N4O. The number of benzene rings is 1. The standard InChI is InChI=1S/C19H26N4O/c1-4-10-23-12-16-6-5-7-18(17(16)13-23)21-19(24)9-8-15-11-20-22(3)14(15)2/h5-7,11H,4,8-10,12-13H2,1-3H3,(H,21,24). The third-order valence-corrected chi connectivity index (χ3v) is 4.82. The summed E-state index contributed by atoms with van der Waals surface area (Å²) >= 11 is 0. The van der Waals surface area contributed by atoms with Crippen LogP contribution in [0.15, 0.2) is 24.4 Å². The molecule has 0 unspecified atom stereocenters. The maximum Gasteiger partial charge on any atom is 0.224 e. The average Bonchev–Trinajstić information content (AvgIpc) is 3.11. The van der Waals surface area contributed by atoms with Crippen molar-refractivity contribution in [2.24, 2.45) is 7.05 Å². The number of fused-ring (bicyclic) bond motifs is 1. The molecule has 1 N–H and O–H groups in total. The van der Waals surface area contributed by atoms with Crippen LogP contribution in [0.1, 0.15) is 42.1 Å². The van der Waals surface area contributed by atoms with Crippen LogP contribution < -0.4 is 5.32 Å². The number of amides is 1. The smallest absolute Gasteiger partial charge is 0.224 e. The molecule has 24 heavy (non-hydrogen) atoms. The molecule has 1 aliphatic heterocycles. The fourth-order valence-corrected chi connectivity index (χ4v) is 3.33. The zero-order valence-corrected chi connectivity index (χ0v) is 14.8. The van der Waals surface area contributed by atoms with Crippen molar-refractivity contribution in [1.82, 2.24) is 14.7 Å². The summed E-state index contributed by atoms with van der Waals surface area (Å²) < 4.78 is 1.85. The summed E-state index contributed by atoms with van der Waals surface area (Å²) in [5, 5.41) is 7.34. The van der Waals surface area contributed by atoms with E-state index in [2.05, 4.69) is 28.3 Å². The average molecular weight is 326 g/mol. The van der Waals surface area contributed by atoms with Crippen molar-refractivity contribution in [1.29, 1.82) is 0 Å². The van der Waals surface area contributed by atoms with Crippen molar-refractivity contribution in [3.05, 3.63) is 46.8 Å². The van der Waals surface area contributed by atoms with Crippen LogP contribution in [-0.2, 0) is 31.4 Å². The molecule has 0 saturated carbocycles. The van der Waals surface area contributed by atoms with Crippen LogP contribution in [0.3, 0.4) is 0 Å². The number of aromatic nitrogens is 2. The summed E-state index contributed by atoms with van der Waals surface area (Å²) in [5.41, 5.74) is 5.85. The lowest BCUT2D eigenvalue weighted by Gasteiger charge is -2.13. The second-order valence-electron chi connectivity index (χ2n) is 6.58. The van der Waals surface area contributed by atoms with Crippen molar-refractivity contribution in [3.8, 4) is 0 Å². The van der Waals surface area contributed by atoms with Gasteiger partial charge in [0.15, 0.2) is 0 Å². The summed E-state index contributed by atoms with van der Waals surface area (Å²) in [6.45, 7) is 7.25. The van der Waals surface area contributed by atoms with E-state index in [1.165, 1.54) is 11.1 Å². The van der Waals surface area contributed by atoms with Crippen molar-refractivity contribution < 1.29 is 4.79 Å². The van der Waals surface area contributed by atoms with Crippen molar-refractivity contribution in [2.75, 3.05) is 11.9 Å². The van der Waals surface area contributed by atoms with Crippen LogP contribution in [-0.4, -0.2) is 27.1 Å². The number of rotatable bonds is 6. The number of hydrogen-bond acceptors (Lipinski definition) is 3. The van der Waals surface area contributed by atoms with Gasteiger partial charge in [0.2, 0.25) is 5.91 Å². The van der Waals surface area contributed by atoms with Crippen LogP contribution in [0, 0.1) is 6.92 Å². The van der Waals surface area contributed by atoms with Gasteiger partial charge in [-0.2, -0.15) is 5.10 Å². The van der Waals surface area contributed by atoms with E-state index in [0.717, 1.165) is 49.4 Å². The van der Waals surface area contributed by atoms with Gasteiger partial charge in [-0.25, -0.2) is 0 Å². The Morgan fingerprint density at radius 2 is 2.17 bits per heavy atom. The van der Waals surface area contributed by atoms with Gasteiger partial charge in [-0.05, 0) is 49.1 Å². The Hall–Kier alpha value is -2.14. The maximum absolute atomic E-state index is 12.4. The van der Waals surface area contributed by atoms with Gasteiger partial charge in [-0.3, -0.25) is 14.4 Å². The molecular weight excluding hydrogens is 300 g/mol. The van der Waals surface area contributed by atoms with Crippen molar-refractivity contribution >= 4 is 11.6 Å². The Bertz CT molecular complexity index is 735. The van der Waals surface area contributed by atoms with E-state index >= 15 is 0 Å². The first-order valence-electron chi connectivity index (χ1n) is 8.69. The highest BCUT2D eigenvalue weighted by atomic mass is 16.1. The molecule has 0 spiro atoms. The van der Waals surface area contributed by atoms with E-state index < -0.39 is 0 Å². The summed E-state index contributed by atoms with van der Waals surface area (Å²) in [6.07, 6.45) is 4.21. The second-order valence-corrected chi connectivity index (χ2v) is 6.58. The highest BCUT2D eigenvalue weighted by Gasteiger charge is 2.21. The molecule has 0 atom stereocenters. The lowest BCUT2D eigenvalue weighted by Crippen LogP contribution is -2.17. The fourth-order valence-electron chi connectivity index (χ4n) is 3.33. The van der Waals surface area contributed by atoms with Crippen LogP contribution >= 0.6 is 0 Å². The first-order chi connectivity index (χ1) is 11.6. The SMILES string of the molecule is CCCN1Cc2cccc(NC(=O)CCc3cnn(C)c3C)c2C1. The van der Waals surface area contributed by atoms with Crippen LogP contribution in [0.2, 0.25) is 0 Å². The molecule has 2 aromatic rings. The highest BCUT2D eigenvalue weighted by Crippen LogP contribution is 2.29. The molecule has 0 radical (unpaired) electrons. The predicted molar refractivity (Wildman–Crippen MR) is 95.7 cm³/mol. The molecule has 0 saturated heterocycles. The monoisotopic (exact) mass is 326 g/mol. The van der Waals surface area contributed by atoms with Crippen LogP contribution in [0.5, 0.6) is 0 Å². The number of nitrogens with one attached hydrogen (secondary N) is 1. The summed E-state index contributed by atoms with van der Waals surface area (Å²) in [5.74, 6) is 0.0700. The molecule has 5 heteroatoms. The summed E-state index contributed by atoms with van der Waals surface area (Å²) in [7, 11) is 1.92. The molecule has 2 heterocycles. The highest BCUT2D eigenvalue weighted by molar-refractivity contribution is 5.92. The van der Waals surface area contributed by atoms with E-state index in [0.29, 0.717) is 6.42 Å². The number of carbonyl (C=O) groups is 1. The van der Waals surface area contributed by atoms with E-state index in [-0.39, 0.29) is 5.91 Å². The first-order valence-corrected chi connectivity index (χ1v) is 8.69. The number of anilines is 1. The Morgan fingerprint density at radius 1 is 1.33 bits per heavy atom. The molecule has 1 aromatic carbocycles. The topological polar surface area (TPSA) is 50.2 Å². The minimum Gasteiger partial charge on any atom is -0.326 e. The minimum absolute atomic E-state index is 0.0700. The first kappa shape index (κ1) is 16.7. The molecule has 1 amide bonds. The third kappa shape index (κ3) is 3.51. The summed E-state index contributed by atoms with van der Waals surface area (Å²) in [6, 6.07) is 6.22. The predicted octanol–water partition coefficient (Wildman–Crippen LogP) is 3.03. The van der Waals surface area contributed by atoms with Crippen molar-refractivity contribution in [3.63, 3.8) is 0 Å². The van der Waals surface area contributed by atoms with Gasteiger partial charge < -0.3 is 5.32 Å². The minimum atomic E-state index is 0.0700. The molecule has 128 valence electrons. The van der Waals surface area contributed by atoms with Crippen LogP contribution in [0.4, 0.5) is 5.69 Å². The number of carbonyl (C=O) groups excluding carboxylic acids is 1. The van der Waals surface area contributed by atoms with Gasteiger partial charge in [0.25, 0.3) is 0 Å². The summed E-state index contributed by atoms with van der Waals surface area (Å²) in [4.78, 5) is 14.8.